The third-order valence-electron chi connectivity index (χ3n) is 1.98. The molecule has 16 heavy (non-hydrogen) atoms. The van der Waals surface area contributed by atoms with Gasteiger partial charge in [-0.15, -0.1) is 0 Å². The lowest BCUT2D eigenvalue weighted by atomic mass is 10.1. The maximum absolute atomic E-state index is 11.8. The van der Waals surface area contributed by atoms with Crippen LogP contribution in [0.15, 0.2) is 18.2 Å². The normalized spacial score (nSPS) is 11.3. The molecule has 0 N–H and O–H groups in total. The van der Waals surface area contributed by atoms with E-state index in [-0.39, 0.29) is 5.56 Å². The van der Waals surface area contributed by atoms with Crippen LogP contribution < -0.4 is 0 Å². The van der Waals surface area contributed by atoms with E-state index in [0.29, 0.717) is 5.56 Å². The van der Waals surface area contributed by atoms with Crippen LogP contribution in [-0.2, 0) is 4.74 Å². The van der Waals surface area contributed by atoms with Crippen LogP contribution in [0.2, 0.25) is 0 Å². The molecule has 0 aliphatic rings. The Morgan fingerprint density at radius 2 is 1.94 bits per heavy atom. The molecular weight excluding hydrogens is 221 g/mol. The largest absolute Gasteiger partial charge is 0.452 e. The Hall–Kier alpha value is -1.52. The first kappa shape index (κ1) is 12.5. The van der Waals surface area contributed by atoms with Gasteiger partial charge >= 0.3 is 12.1 Å². The number of esters is 1. The van der Waals surface area contributed by atoms with Crippen molar-refractivity contribution in [3.05, 3.63) is 34.9 Å². The van der Waals surface area contributed by atoms with Gasteiger partial charge < -0.3 is 4.74 Å². The summed E-state index contributed by atoms with van der Waals surface area (Å²) in [5.41, 5.74) is 1.56. The lowest BCUT2D eigenvalue weighted by molar-refractivity contribution is -0.161. The first-order valence-corrected chi connectivity index (χ1v) is 4.61. The van der Waals surface area contributed by atoms with Gasteiger partial charge in [-0.1, -0.05) is 17.7 Å². The minimum absolute atomic E-state index is 0.171. The number of carbonyl (C=O) groups is 1. The number of aryl methyl sites for hydroxylation is 2. The SMILES string of the molecule is Cc1ccc(C)c(C(=O)OCC(F)(F)F)c1. The van der Waals surface area contributed by atoms with E-state index in [0.717, 1.165) is 5.56 Å². The highest BCUT2D eigenvalue weighted by molar-refractivity contribution is 5.91. The van der Waals surface area contributed by atoms with E-state index in [4.69, 9.17) is 0 Å². The zero-order valence-electron chi connectivity index (χ0n) is 8.89. The van der Waals surface area contributed by atoms with E-state index in [9.17, 15) is 18.0 Å². The molecule has 0 spiro atoms. The van der Waals surface area contributed by atoms with E-state index in [1.165, 1.54) is 6.07 Å². The average molecular weight is 232 g/mol. The first-order chi connectivity index (χ1) is 7.29. The second-order valence-electron chi connectivity index (χ2n) is 3.51. The molecule has 0 unspecified atom stereocenters. The van der Waals surface area contributed by atoms with Crippen LogP contribution in [0.1, 0.15) is 21.5 Å². The van der Waals surface area contributed by atoms with Crippen LogP contribution in [0.4, 0.5) is 13.2 Å². The number of alkyl halides is 3. The number of benzene rings is 1. The van der Waals surface area contributed by atoms with Crippen molar-refractivity contribution >= 4 is 5.97 Å². The molecule has 88 valence electrons. The Morgan fingerprint density at radius 3 is 2.50 bits per heavy atom. The number of halogens is 3. The van der Waals surface area contributed by atoms with Gasteiger partial charge in [-0.05, 0) is 25.5 Å². The van der Waals surface area contributed by atoms with Crippen LogP contribution in [0, 0.1) is 13.8 Å². The smallest absolute Gasteiger partial charge is 0.422 e. The molecule has 0 aliphatic heterocycles. The van der Waals surface area contributed by atoms with Gasteiger partial charge in [-0.25, -0.2) is 4.79 Å². The summed E-state index contributed by atoms with van der Waals surface area (Å²) in [4.78, 5) is 11.3. The number of hydrogen-bond donors (Lipinski definition) is 0. The molecule has 1 rings (SSSR count). The molecule has 0 saturated heterocycles. The Kier molecular flexibility index (Phi) is 3.57. The quantitative estimate of drug-likeness (QED) is 0.732. The van der Waals surface area contributed by atoms with Crippen molar-refractivity contribution < 1.29 is 22.7 Å². The lowest BCUT2D eigenvalue weighted by Gasteiger charge is -2.09. The summed E-state index contributed by atoms with van der Waals surface area (Å²) in [7, 11) is 0. The van der Waals surface area contributed by atoms with Crippen molar-refractivity contribution in [1.82, 2.24) is 0 Å². The molecule has 0 bridgehead atoms. The van der Waals surface area contributed by atoms with Crippen LogP contribution in [0.5, 0.6) is 0 Å². The monoisotopic (exact) mass is 232 g/mol. The highest BCUT2D eigenvalue weighted by Crippen LogP contribution is 2.17. The van der Waals surface area contributed by atoms with Gasteiger partial charge in [0.1, 0.15) is 0 Å². The van der Waals surface area contributed by atoms with Crippen molar-refractivity contribution in [3.63, 3.8) is 0 Å². The molecule has 0 aliphatic carbocycles. The molecule has 0 fully saturated rings. The maximum atomic E-state index is 11.8. The Morgan fingerprint density at radius 1 is 1.31 bits per heavy atom. The van der Waals surface area contributed by atoms with Crippen molar-refractivity contribution in [2.24, 2.45) is 0 Å². The fourth-order valence-corrected chi connectivity index (χ4v) is 1.18. The molecule has 1 aromatic rings. The van der Waals surface area contributed by atoms with Gasteiger partial charge in [0.05, 0.1) is 5.56 Å². The van der Waals surface area contributed by atoms with Crippen molar-refractivity contribution in [2.75, 3.05) is 6.61 Å². The third-order valence-corrected chi connectivity index (χ3v) is 1.98. The second-order valence-corrected chi connectivity index (χ2v) is 3.51. The van der Waals surface area contributed by atoms with Crippen LogP contribution in [0.25, 0.3) is 0 Å². The summed E-state index contributed by atoms with van der Waals surface area (Å²) in [5.74, 6) is -0.946. The molecule has 0 saturated carbocycles. The fraction of sp³-hybridized carbons (Fsp3) is 0.364. The maximum Gasteiger partial charge on any atom is 0.422 e. The Bertz CT molecular complexity index is 397. The summed E-state index contributed by atoms with van der Waals surface area (Å²) >= 11 is 0. The van der Waals surface area contributed by atoms with E-state index >= 15 is 0 Å². The van der Waals surface area contributed by atoms with E-state index in [1.807, 2.05) is 0 Å². The van der Waals surface area contributed by atoms with Gasteiger partial charge in [-0.3, -0.25) is 0 Å². The minimum Gasteiger partial charge on any atom is -0.452 e. The molecule has 0 aromatic heterocycles. The standard InChI is InChI=1S/C11H11F3O2/c1-7-3-4-8(2)9(5-7)10(15)16-6-11(12,13)14/h3-5H,6H2,1-2H3. The third kappa shape index (κ3) is 3.56. The van der Waals surface area contributed by atoms with Crippen molar-refractivity contribution in [1.29, 1.82) is 0 Å². The van der Waals surface area contributed by atoms with E-state index in [1.54, 1.807) is 26.0 Å². The first-order valence-electron chi connectivity index (χ1n) is 4.61. The second kappa shape index (κ2) is 4.55. The van der Waals surface area contributed by atoms with Gasteiger partial charge in [-0.2, -0.15) is 13.2 Å². The number of hydrogen-bond acceptors (Lipinski definition) is 2. The highest BCUT2D eigenvalue weighted by atomic mass is 19.4. The minimum atomic E-state index is -4.49. The predicted molar refractivity (Wildman–Crippen MR) is 52.3 cm³/mol. The molecule has 2 nitrogen and oxygen atoms in total. The molecule has 0 atom stereocenters. The molecule has 5 heteroatoms. The number of ether oxygens (including phenoxy) is 1. The summed E-state index contributed by atoms with van der Waals surface area (Å²) in [6.45, 7) is 1.84. The van der Waals surface area contributed by atoms with E-state index < -0.39 is 18.8 Å². The number of carbonyl (C=O) groups excluding carboxylic acids is 1. The zero-order valence-corrected chi connectivity index (χ0v) is 8.89. The van der Waals surface area contributed by atoms with Crippen LogP contribution >= 0.6 is 0 Å². The summed E-state index contributed by atoms with van der Waals surface area (Å²) in [6.07, 6.45) is -4.49. The Labute approximate surface area is 91.0 Å². The highest BCUT2D eigenvalue weighted by Gasteiger charge is 2.30. The molecule has 0 heterocycles. The lowest BCUT2D eigenvalue weighted by Crippen LogP contribution is -2.20. The summed E-state index contributed by atoms with van der Waals surface area (Å²) in [5, 5.41) is 0. The summed E-state index contributed by atoms with van der Waals surface area (Å²) in [6, 6.07) is 4.95. The molecule has 0 radical (unpaired) electrons. The Balaban J connectivity index is 2.77. The molecular formula is C11H11F3O2. The summed E-state index contributed by atoms with van der Waals surface area (Å²) < 4.78 is 39.7. The van der Waals surface area contributed by atoms with Gasteiger partial charge in [0, 0.05) is 0 Å². The fourth-order valence-electron chi connectivity index (χ4n) is 1.18. The van der Waals surface area contributed by atoms with Gasteiger partial charge in [0.15, 0.2) is 6.61 Å². The van der Waals surface area contributed by atoms with Crippen LogP contribution in [-0.4, -0.2) is 18.8 Å². The van der Waals surface area contributed by atoms with E-state index in [2.05, 4.69) is 4.74 Å². The van der Waals surface area contributed by atoms with Crippen molar-refractivity contribution in [3.8, 4) is 0 Å². The van der Waals surface area contributed by atoms with Gasteiger partial charge in [0.25, 0.3) is 0 Å². The average Bonchev–Trinajstić information content (AvgIpc) is 2.17. The van der Waals surface area contributed by atoms with Crippen molar-refractivity contribution in [2.45, 2.75) is 20.0 Å². The molecule has 0 amide bonds. The van der Waals surface area contributed by atoms with Gasteiger partial charge in [0.2, 0.25) is 0 Å². The van der Waals surface area contributed by atoms with Crippen LogP contribution in [0.3, 0.4) is 0 Å². The predicted octanol–water partition coefficient (Wildman–Crippen LogP) is 3.02. The topological polar surface area (TPSA) is 26.3 Å². The molecule has 1 aromatic carbocycles. The number of rotatable bonds is 2. The zero-order chi connectivity index (χ0) is 12.3.